The van der Waals surface area contributed by atoms with Gasteiger partial charge in [0.25, 0.3) is 0 Å². The molecule has 0 saturated heterocycles. The molecule has 0 heterocycles. The first-order valence-corrected chi connectivity index (χ1v) is 11.0. The number of benzene rings is 1. The van der Waals surface area contributed by atoms with Gasteiger partial charge in [-0.05, 0) is 41.7 Å². The molecule has 0 amide bonds. The van der Waals surface area contributed by atoms with Gasteiger partial charge in [-0.15, -0.1) is 4.18 Å². The Balaban J connectivity index is 2.45. The SMILES string of the molecule is C/C=C/c1cc(CCCCCCCCC)ccc1OCCO[S+]([O])(=O)ON. The van der Waals surface area contributed by atoms with Crippen molar-refractivity contribution in [2.24, 2.45) is 5.90 Å². The van der Waals surface area contributed by atoms with Crippen LogP contribution in [-0.2, 0) is 34.4 Å². The van der Waals surface area contributed by atoms with Gasteiger partial charge in [-0.25, -0.2) is 0 Å². The average molecular weight is 400 g/mol. The second-order valence-electron chi connectivity index (χ2n) is 6.42. The zero-order chi connectivity index (χ0) is 20.0. The maximum Gasteiger partial charge on any atom is 0.564 e. The van der Waals surface area contributed by atoms with Crippen LogP contribution in [0.25, 0.3) is 6.08 Å². The first-order valence-electron chi connectivity index (χ1n) is 9.68. The van der Waals surface area contributed by atoms with Crippen molar-refractivity contribution in [3.63, 3.8) is 0 Å². The Morgan fingerprint density at radius 1 is 1.07 bits per heavy atom. The van der Waals surface area contributed by atoms with Gasteiger partial charge in [-0.2, -0.15) is 5.90 Å². The van der Waals surface area contributed by atoms with E-state index in [4.69, 9.17) is 4.74 Å². The lowest BCUT2D eigenvalue weighted by Crippen LogP contribution is -2.22. The van der Waals surface area contributed by atoms with E-state index in [9.17, 15) is 8.76 Å². The van der Waals surface area contributed by atoms with Gasteiger partial charge >= 0.3 is 10.8 Å². The summed E-state index contributed by atoms with van der Waals surface area (Å²) < 4.78 is 35.8. The van der Waals surface area contributed by atoms with Gasteiger partial charge in [0, 0.05) is 9.77 Å². The molecule has 6 nitrogen and oxygen atoms in total. The fourth-order valence-corrected chi connectivity index (χ4v) is 3.12. The highest BCUT2D eigenvalue weighted by molar-refractivity contribution is 7.88. The average Bonchev–Trinajstić information content (AvgIpc) is 2.66. The molecule has 2 N–H and O–H groups in total. The van der Waals surface area contributed by atoms with Gasteiger partial charge in [-0.3, -0.25) is 0 Å². The predicted molar refractivity (Wildman–Crippen MR) is 108 cm³/mol. The minimum absolute atomic E-state index is 0.0737. The van der Waals surface area contributed by atoms with Gasteiger partial charge in [0.1, 0.15) is 23.5 Å². The zero-order valence-electron chi connectivity index (χ0n) is 16.5. The van der Waals surface area contributed by atoms with Crippen molar-refractivity contribution < 1.29 is 22.0 Å². The molecule has 27 heavy (non-hydrogen) atoms. The highest BCUT2D eigenvalue weighted by atomic mass is 32.3. The summed E-state index contributed by atoms with van der Waals surface area (Å²) in [4.78, 5) is 0. The number of aryl methyl sites for hydroxylation is 1. The van der Waals surface area contributed by atoms with E-state index in [1.807, 2.05) is 25.1 Å². The van der Waals surface area contributed by atoms with Crippen LogP contribution in [0.15, 0.2) is 24.3 Å². The molecule has 1 unspecified atom stereocenters. The molecule has 0 aliphatic rings. The highest BCUT2D eigenvalue weighted by Crippen LogP contribution is 2.23. The van der Waals surface area contributed by atoms with E-state index in [0.29, 0.717) is 5.75 Å². The standard InChI is InChI=1S/C20H33NO5S/c1-3-5-6-7-8-9-10-12-18-13-14-20(19(17-18)11-4-2)24-15-16-25-27(22,23)26-21/h4,11,13-14,17H,3,5-10,12,15-16,21H2,1-2H3/q+1/b11-4+. The molecular formula is C20H33NO5S+. The second kappa shape index (κ2) is 13.8. The van der Waals surface area contributed by atoms with Crippen LogP contribution in [0.3, 0.4) is 0 Å². The molecular weight excluding hydrogens is 366 g/mol. The van der Waals surface area contributed by atoms with Crippen LogP contribution in [0.1, 0.15) is 69.9 Å². The summed E-state index contributed by atoms with van der Waals surface area (Å²) in [5, 5.41) is 0. The summed E-state index contributed by atoms with van der Waals surface area (Å²) in [6.45, 7) is 4.08. The Morgan fingerprint density at radius 3 is 2.44 bits per heavy atom. The van der Waals surface area contributed by atoms with E-state index < -0.39 is 10.8 Å². The van der Waals surface area contributed by atoms with Crippen molar-refractivity contribution in [1.29, 1.82) is 0 Å². The summed E-state index contributed by atoms with van der Waals surface area (Å²) in [5.41, 5.74) is 2.25. The minimum Gasteiger partial charge on any atom is -0.490 e. The third-order valence-electron chi connectivity index (χ3n) is 4.18. The van der Waals surface area contributed by atoms with Gasteiger partial charge in [0.15, 0.2) is 0 Å². The van der Waals surface area contributed by atoms with Gasteiger partial charge in [0.05, 0.1) is 0 Å². The Morgan fingerprint density at radius 2 is 1.78 bits per heavy atom. The number of hydrogen-bond donors (Lipinski definition) is 1. The van der Waals surface area contributed by atoms with E-state index in [1.54, 1.807) is 0 Å². The second-order valence-corrected chi connectivity index (χ2v) is 7.66. The van der Waals surface area contributed by atoms with Crippen LogP contribution in [-0.4, -0.2) is 13.2 Å². The maximum absolute atomic E-state index is 11.0. The molecule has 1 radical (unpaired) electrons. The fourth-order valence-electron chi connectivity index (χ4n) is 2.80. The summed E-state index contributed by atoms with van der Waals surface area (Å²) in [6, 6.07) is 6.09. The van der Waals surface area contributed by atoms with Crippen LogP contribution in [0, 0.1) is 0 Å². The van der Waals surface area contributed by atoms with Crippen LogP contribution in [0.2, 0.25) is 0 Å². The smallest absolute Gasteiger partial charge is 0.490 e. The summed E-state index contributed by atoms with van der Waals surface area (Å²) >= 11 is 0. The molecule has 1 rings (SSSR count). The number of unbranched alkanes of at least 4 members (excludes halogenated alkanes) is 6. The minimum atomic E-state index is -4.14. The molecule has 1 atom stereocenters. The molecule has 0 spiro atoms. The molecule has 0 bridgehead atoms. The molecule has 0 fully saturated rings. The summed E-state index contributed by atoms with van der Waals surface area (Å²) in [5.74, 6) is 5.28. The molecule has 0 aliphatic carbocycles. The lowest BCUT2D eigenvalue weighted by atomic mass is 10.0. The first-order chi connectivity index (χ1) is 13.0. The topological polar surface area (TPSA) is 90.7 Å². The lowest BCUT2D eigenvalue weighted by molar-refractivity contribution is 0.134. The zero-order valence-corrected chi connectivity index (χ0v) is 17.3. The molecule has 0 aliphatic heterocycles. The van der Waals surface area contributed by atoms with Crippen LogP contribution in [0.5, 0.6) is 5.75 Å². The van der Waals surface area contributed by atoms with Crippen molar-refractivity contribution in [2.75, 3.05) is 13.2 Å². The summed E-state index contributed by atoms with van der Waals surface area (Å²) in [6.07, 6.45) is 14.0. The van der Waals surface area contributed by atoms with Crippen molar-refractivity contribution in [2.45, 2.75) is 65.2 Å². The Kier molecular flexibility index (Phi) is 12.2. The molecule has 1 aromatic rings. The van der Waals surface area contributed by atoms with Crippen molar-refractivity contribution in [3.05, 3.63) is 35.4 Å². The molecule has 153 valence electrons. The van der Waals surface area contributed by atoms with Crippen molar-refractivity contribution in [3.8, 4) is 5.75 Å². The van der Waals surface area contributed by atoms with Gasteiger partial charge in [0.2, 0.25) is 0 Å². The number of ether oxygens (including phenoxy) is 1. The Bertz CT molecular complexity index is 606. The third-order valence-corrected chi connectivity index (χ3v) is 4.87. The van der Waals surface area contributed by atoms with Crippen LogP contribution < -0.4 is 10.6 Å². The predicted octanol–water partition coefficient (Wildman–Crippen LogP) is 4.97. The Labute approximate surface area is 164 Å². The van der Waals surface area contributed by atoms with E-state index in [1.165, 1.54) is 50.5 Å². The number of rotatable bonds is 15. The number of allylic oxidation sites excluding steroid dienone is 1. The fraction of sp³-hybridized carbons (Fsp3) is 0.600. The van der Waals surface area contributed by atoms with E-state index >= 15 is 0 Å². The molecule has 0 saturated carbocycles. The summed E-state index contributed by atoms with van der Waals surface area (Å²) in [7, 11) is -4.14. The van der Waals surface area contributed by atoms with Gasteiger partial charge in [-0.1, -0.05) is 63.7 Å². The van der Waals surface area contributed by atoms with Crippen molar-refractivity contribution in [1.82, 2.24) is 0 Å². The van der Waals surface area contributed by atoms with Crippen LogP contribution >= 0.6 is 0 Å². The van der Waals surface area contributed by atoms with E-state index in [2.05, 4.69) is 33.4 Å². The number of nitrogens with two attached hydrogens (primary N) is 1. The van der Waals surface area contributed by atoms with Crippen molar-refractivity contribution >= 4 is 16.9 Å². The maximum atomic E-state index is 11.0. The largest absolute Gasteiger partial charge is 0.564 e. The molecule has 0 aromatic heterocycles. The van der Waals surface area contributed by atoms with E-state index in [-0.39, 0.29) is 13.2 Å². The quantitative estimate of drug-likeness (QED) is 0.255. The number of hydrogen-bond acceptors (Lipinski definition) is 5. The molecule has 1 aromatic carbocycles. The highest BCUT2D eigenvalue weighted by Gasteiger charge is 2.32. The lowest BCUT2D eigenvalue weighted by Gasteiger charge is -2.11. The normalized spacial score (nSPS) is 13.8. The van der Waals surface area contributed by atoms with E-state index in [0.717, 1.165) is 12.0 Å². The monoisotopic (exact) mass is 399 g/mol. The first kappa shape index (κ1) is 23.8. The Hall–Kier alpha value is -1.25. The van der Waals surface area contributed by atoms with Gasteiger partial charge < -0.3 is 4.74 Å². The third kappa shape index (κ3) is 10.6. The van der Waals surface area contributed by atoms with Crippen LogP contribution in [0.4, 0.5) is 0 Å². The molecule has 7 heteroatoms.